The fourth-order valence-electron chi connectivity index (χ4n) is 0.696. The first kappa shape index (κ1) is 10.5. The van der Waals surface area contributed by atoms with Crippen LogP contribution in [0.25, 0.3) is 0 Å². The van der Waals surface area contributed by atoms with Crippen LogP contribution >= 0.6 is 23.2 Å². The number of benzene rings is 1. The van der Waals surface area contributed by atoms with E-state index in [2.05, 4.69) is 4.74 Å². The average Bonchev–Trinajstić information content (AvgIpc) is 1.95. The number of hydrogen-bond donors (Lipinski definition) is 0. The van der Waals surface area contributed by atoms with Crippen LogP contribution in [-0.2, 0) is 0 Å². The lowest BCUT2D eigenvalue weighted by molar-refractivity contribution is -0.274. The van der Waals surface area contributed by atoms with Crippen molar-refractivity contribution in [3.8, 4) is 5.75 Å². The van der Waals surface area contributed by atoms with Gasteiger partial charge in [-0.15, -0.1) is 13.2 Å². The minimum Gasteiger partial charge on any atom is -0.403 e. The van der Waals surface area contributed by atoms with Crippen molar-refractivity contribution in [2.75, 3.05) is 0 Å². The van der Waals surface area contributed by atoms with Gasteiger partial charge < -0.3 is 4.74 Å². The maximum Gasteiger partial charge on any atom is 0.573 e. The minimum atomic E-state index is -4.78. The van der Waals surface area contributed by atoms with Gasteiger partial charge in [0.05, 0.1) is 10.0 Å². The third kappa shape index (κ3) is 2.97. The molecule has 0 aliphatic heterocycles. The lowest BCUT2D eigenvalue weighted by Crippen LogP contribution is -2.17. The standard InChI is InChI=1S/C7H3Cl2F3O/c8-4-2-1-3-5(9)6(4)13-7(10,11)12/h1-3H. The first-order valence-electron chi connectivity index (χ1n) is 3.10. The third-order valence-electron chi connectivity index (χ3n) is 1.14. The highest BCUT2D eigenvalue weighted by Crippen LogP contribution is 2.36. The molecular formula is C7H3Cl2F3O. The van der Waals surface area contributed by atoms with Gasteiger partial charge in [-0.05, 0) is 12.1 Å². The molecule has 0 N–H and O–H groups in total. The highest BCUT2D eigenvalue weighted by molar-refractivity contribution is 6.37. The van der Waals surface area contributed by atoms with Crippen LogP contribution in [0.3, 0.4) is 0 Å². The SMILES string of the molecule is FC(F)(F)Oc1c(Cl)cccc1Cl. The number of ether oxygens (including phenoxy) is 1. The summed E-state index contributed by atoms with van der Waals surface area (Å²) in [6, 6.07) is 3.94. The first-order valence-corrected chi connectivity index (χ1v) is 3.85. The molecule has 1 nitrogen and oxygen atoms in total. The second-order valence-electron chi connectivity index (χ2n) is 2.10. The molecule has 0 unspecified atom stereocenters. The second kappa shape index (κ2) is 3.64. The molecule has 72 valence electrons. The summed E-state index contributed by atoms with van der Waals surface area (Å²) >= 11 is 10.9. The molecule has 0 heterocycles. The van der Waals surface area contributed by atoms with Crippen LogP contribution in [0.1, 0.15) is 0 Å². The number of alkyl halides is 3. The van der Waals surface area contributed by atoms with Crippen molar-refractivity contribution in [2.45, 2.75) is 6.36 Å². The maximum absolute atomic E-state index is 11.8. The average molecular weight is 231 g/mol. The van der Waals surface area contributed by atoms with Gasteiger partial charge in [-0.25, -0.2) is 0 Å². The summed E-state index contributed by atoms with van der Waals surface area (Å²) in [6.07, 6.45) is -4.78. The summed E-state index contributed by atoms with van der Waals surface area (Å²) in [5.41, 5.74) is 0. The molecular weight excluding hydrogens is 228 g/mol. The molecule has 0 aliphatic carbocycles. The summed E-state index contributed by atoms with van der Waals surface area (Å²) in [6.45, 7) is 0. The molecule has 0 atom stereocenters. The molecule has 0 saturated heterocycles. The molecule has 0 radical (unpaired) electrons. The van der Waals surface area contributed by atoms with E-state index < -0.39 is 12.1 Å². The van der Waals surface area contributed by atoms with Crippen molar-refractivity contribution in [2.24, 2.45) is 0 Å². The van der Waals surface area contributed by atoms with Gasteiger partial charge in [0.2, 0.25) is 0 Å². The number of halogens is 5. The van der Waals surface area contributed by atoms with E-state index in [0.717, 1.165) is 0 Å². The molecule has 0 amide bonds. The van der Waals surface area contributed by atoms with Crippen LogP contribution in [0.15, 0.2) is 18.2 Å². The zero-order valence-electron chi connectivity index (χ0n) is 6.03. The molecule has 1 rings (SSSR count). The highest BCUT2D eigenvalue weighted by atomic mass is 35.5. The molecule has 6 heteroatoms. The van der Waals surface area contributed by atoms with Crippen LogP contribution in [0.2, 0.25) is 10.0 Å². The van der Waals surface area contributed by atoms with E-state index in [0.29, 0.717) is 0 Å². The Bertz CT molecular complexity index is 291. The normalized spacial score (nSPS) is 11.5. The van der Waals surface area contributed by atoms with Gasteiger partial charge in [-0.1, -0.05) is 29.3 Å². The second-order valence-corrected chi connectivity index (χ2v) is 2.91. The summed E-state index contributed by atoms with van der Waals surface area (Å²) < 4.78 is 38.9. The van der Waals surface area contributed by atoms with Gasteiger partial charge in [-0.2, -0.15) is 0 Å². The van der Waals surface area contributed by atoms with E-state index in [9.17, 15) is 13.2 Å². The molecule has 0 aromatic heterocycles. The van der Waals surface area contributed by atoms with Gasteiger partial charge in [0.25, 0.3) is 0 Å². The molecule has 13 heavy (non-hydrogen) atoms. The molecule has 0 fully saturated rings. The van der Waals surface area contributed by atoms with Crippen LogP contribution < -0.4 is 4.74 Å². The molecule has 0 bridgehead atoms. The van der Waals surface area contributed by atoms with Crippen LogP contribution in [0, 0.1) is 0 Å². The van der Waals surface area contributed by atoms with E-state index in [1.54, 1.807) is 0 Å². The van der Waals surface area contributed by atoms with Gasteiger partial charge in [0.1, 0.15) is 0 Å². The van der Waals surface area contributed by atoms with E-state index in [-0.39, 0.29) is 10.0 Å². The van der Waals surface area contributed by atoms with Gasteiger partial charge in [0, 0.05) is 0 Å². The Labute approximate surface area is 82.0 Å². The Kier molecular flexibility index (Phi) is 2.93. The summed E-state index contributed by atoms with van der Waals surface area (Å²) in [7, 11) is 0. The number of hydrogen-bond acceptors (Lipinski definition) is 1. The fourth-order valence-corrected chi connectivity index (χ4v) is 1.17. The topological polar surface area (TPSA) is 9.23 Å². The fraction of sp³-hybridized carbons (Fsp3) is 0.143. The molecule has 1 aromatic carbocycles. The van der Waals surface area contributed by atoms with E-state index in [1.807, 2.05) is 0 Å². The van der Waals surface area contributed by atoms with E-state index in [1.165, 1.54) is 18.2 Å². The summed E-state index contributed by atoms with van der Waals surface area (Å²) in [4.78, 5) is 0. The molecule has 1 aromatic rings. The Morgan fingerprint density at radius 2 is 1.54 bits per heavy atom. The largest absolute Gasteiger partial charge is 0.573 e. The van der Waals surface area contributed by atoms with Crippen molar-refractivity contribution in [1.82, 2.24) is 0 Å². The number of rotatable bonds is 1. The summed E-state index contributed by atoms with van der Waals surface area (Å²) in [5, 5.41) is -0.352. The first-order chi connectivity index (χ1) is 5.90. The van der Waals surface area contributed by atoms with E-state index >= 15 is 0 Å². The van der Waals surface area contributed by atoms with Crippen LogP contribution in [-0.4, -0.2) is 6.36 Å². The minimum absolute atomic E-state index is 0.176. The quantitative estimate of drug-likeness (QED) is 0.712. The lowest BCUT2D eigenvalue weighted by atomic mass is 10.3. The Morgan fingerprint density at radius 1 is 1.08 bits per heavy atom. The van der Waals surface area contributed by atoms with Crippen LogP contribution in [0.5, 0.6) is 5.75 Å². The predicted octanol–water partition coefficient (Wildman–Crippen LogP) is 3.89. The van der Waals surface area contributed by atoms with E-state index in [4.69, 9.17) is 23.2 Å². The Balaban J connectivity index is 3.00. The monoisotopic (exact) mass is 230 g/mol. The van der Waals surface area contributed by atoms with Gasteiger partial charge in [0.15, 0.2) is 5.75 Å². The van der Waals surface area contributed by atoms with Crippen molar-refractivity contribution < 1.29 is 17.9 Å². The molecule has 0 aliphatic rings. The Hall–Kier alpha value is -0.610. The Morgan fingerprint density at radius 3 is 1.92 bits per heavy atom. The molecule has 0 saturated carbocycles. The number of para-hydroxylation sites is 1. The zero-order chi connectivity index (χ0) is 10.1. The maximum atomic E-state index is 11.8. The third-order valence-corrected chi connectivity index (χ3v) is 1.73. The molecule has 0 spiro atoms. The lowest BCUT2D eigenvalue weighted by Gasteiger charge is -2.11. The zero-order valence-corrected chi connectivity index (χ0v) is 7.54. The van der Waals surface area contributed by atoms with Gasteiger partial charge >= 0.3 is 6.36 Å². The van der Waals surface area contributed by atoms with Crippen molar-refractivity contribution in [3.05, 3.63) is 28.2 Å². The predicted molar refractivity (Wildman–Crippen MR) is 43.1 cm³/mol. The van der Waals surface area contributed by atoms with Crippen molar-refractivity contribution in [1.29, 1.82) is 0 Å². The smallest absolute Gasteiger partial charge is 0.403 e. The van der Waals surface area contributed by atoms with Crippen LogP contribution in [0.4, 0.5) is 13.2 Å². The van der Waals surface area contributed by atoms with Gasteiger partial charge in [-0.3, -0.25) is 0 Å². The summed E-state index contributed by atoms with van der Waals surface area (Å²) in [5.74, 6) is -0.571. The highest BCUT2D eigenvalue weighted by Gasteiger charge is 2.32. The van der Waals surface area contributed by atoms with Crippen molar-refractivity contribution >= 4 is 23.2 Å². The van der Waals surface area contributed by atoms with Crippen molar-refractivity contribution in [3.63, 3.8) is 0 Å².